The fraction of sp³-hybridized carbons (Fsp3) is 0.283. The standard InChI is InChI=1S/C53H49NO17S/c1-31(55)54-41-44(42(65-32(2)56)40(67-53(41)72-33(3)57)30-64-48(59)35-21-11-5-12-22-35)71-52-46(70-51(62)38-27-17-8-18-28-38)45(69-50(61)37-25-15-7-16-26-37)43(68-49(60)36-23-13-6-14-24-36)39(66-52)29-63-47(58)34-19-9-4-10-20-34/h4-28,39-46,52-53H,29-30H2,1-3H3,(H,54,55)/t39-,40-,41-,42+,43+,44-,45+,46-,52+,53-/m1/s1. The van der Waals surface area contributed by atoms with E-state index >= 15 is 0 Å². The molecule has 19 heteroatoms. The number of hydrogen-bond donors (Lipinski definition) is 1. The lowest BCUT2D eigenvalue weighted by Crippen LogP contribution is -2.68. The van der Waals surface area contributed by atoms with E-state index in [9.17, 15) is 38.4 Å². The lowest BCUT2D eigenvalue weighted by Gasteiger charge is -2.49. The van der Waals surface area contributed by atoms with E-state index in [1.165, 1.54) is 74.5 Å². The smallest absolute Gasteiger partial charge is 0.338 e. The molecule has 1 N–H and O–H groups in total. The third kappa shape index (κ3) is 13.8. The fourth-order valence-corrected chi connectivity index (χ4v) is 8.69. The second kappa shape index (κ2) is 24.9. The number of benzene rings is 5. The van der Waals surface area contributed by atoms with E-state index in [0.717, 1.165) is 6.92 Å². The normalized spacial score (nSPS) is 23.5. The van der Waals surface area contributed by atoms with Gasteiger partial charge >= 0.3 is 35.8 Å². The molecule has 10 atom stereocenters. The van der Waals surface area contributed by atoms with E-state index in [1.54, 1.807) is 91.0 Å². The largest absolute Gasteiger partial charge is 0.459 e. The SMILES string of the molecule is CC(=O)N[C@@H]1[C@@H](O[C@@H]2O[C@H](COC(=O)c3ccccc3)[C@H](OC(=O)c3ccccc3)[C@H](OC(=O)c3ccccc3)[C@H]2OC(=O)c2ccccc2)[C@@H](OC(C)=O)[C@@H](COC(=O)c2ccccc2)O[C@@H]1SC(C)=O. The Morgan fingerprint density at radius 1 is 0.444 bits per heavy atom. The Balaban J connectivity index is 1.37. The first kappa shape index (κ1) is 52.1. The summed E-state index contributed by atoms with van der Waals surface area (Å²) in [7, 11) is 0. The lowest BCUT2D eigenvalue weighted by atomic mass is 9.95. The van der Waals surface area contributed by atoms with Crippen LogP contribution in [0.4, 0.5) is 0 Å². The molecule has 1 amide bonds. The van der Waals surface area contributed by atoms with Gasteiger partial charge in [0.15, 0.2) is 35.8 Å². The second-order valence-electron chi connectivity index (χ2n) is 16.2. The van der Waals surface area contributed by atoms with Gasteiger partial charge in [0.25, 0.3) is 0 Å². The van der Waals surface area contributed by atoms with Gasteiger partial charge < -0.3 is 47.9 Å². The van der Waals surface area contributed by atoms with Crippen LogP contribution in [0, 0.1) is 0 Å². The van der Waals surface area contributed by atoms with Crippen LogP contribution in [0.1, 0.15) is 72.6 Å². The van der Waals surface area contributed by atoms with Crippen LogP contribution in [0.3, 0.4) is 0 Å². The first-order valence-electron chi connectivity index (χ1n) is 22.6. The van der Waals surface area contributed by atoms with Crippen LogP contribution >= 0.6 is 11.8 Å². The molecule has 0 bridgehead atoms. The van der Waals surface area contributed by atoms with Crippen molar-refractivity contribution in [2.75, 3.05) is 13.2 Å². The maximum absolute atomic E-state index is 14.3. The number of hydrogen-bond acceptors (Lipinski definition) is 18. The minimum absolute atomic E-state index is 0.0133. The minimum Gasteiger partial charge on any atom is -0.459 e. The molecule has 0 saturated carbocycles. The third-order valence-electron chi connectivity index (χ3n) is 11.0. The highest BCUT2D eigenvalue weighted by Crippen LogP contribution is 2.38. The highest BCUT2D eigenvalue weighted by molar-refractivity contribution is 8.14. The lowest BCUT2D eigenvalue weighted by molar-refractivity contribution is -0.327. The number of thioether (sulfide) groups is 1. The van der Waals surface area contributed by atoms with Crippen molar-refractivity contribution in [2.45, 2.75) is 81.3 Å². The van der Waals surface area contributed by atoms with E-state index in [-0.39, 0.29) is 27.8 Å². The van der Waals surface area contributed by atoms with Crippen molar-refractivity contribution in [2.24, 2.45) is 0 Å². The molecule has 72 heavy (non-hydrogen) atoms. The first-order valence-corrected chi connectivity index (χ1v) is 23.4. The highest BCUT2D eigenvalue weighted by atomic mass is 32.2. The van der Waals surface area contributed by atoms with Gasteiger partial charge in [0.2, 0.25) is 5.91 Å². The molecule has 5 aromatic rings. The molecular formula is C53H49NO17S. The molecule has 2 saturated heterocycles. The molecule has 2 heterocycles. The van der Waals surface area contributed by atoms with Crippen molar-refractivity contribution in [1.29, 1.82) is 0 Å². The minimum atomic E-state index is -1.98. The zero-order valence-corrected chi connectivity index (χ0v) is 39.8. The quantitative estimate of drug-likeness (QED) is 0.0840. The molecule has 7 rings (SSSR count). The van der Waals surface area contributed by atoms with Gasteiger partial charge in [0.05, 0.1) is 33.9 Å². The molecule has 0 radical (unpaired) electrons. The highest BCUT2D eigenvalue weighted by Gasteiger charge is 2.58. The van der Waals surface area contributed by atoms with Crippen molar-refractivity contribution in [3.05, 3.63) is 179 Å². The summed E-state index contributed by atoms with van der Waals surface area (Å²) in [4.78, 5) is 108. The molecule has 18 nitrogen and oxygen atoms in total. The Bertz CT molecular complexity index is 2680. The number of nitrogens with one attached hydrogen (secondary N) is 1. The van der Waals surface area contributed by atoms with Gasteiger partial charge in [-0.05, 0) is 60.7 Å². The average Bonchev–Trinajstić information content (AvgIpc) is 3.39. The zero-order chi connectivity index (χ0) is 51.1. The van der Waals surface area contributed by atoms with Gasteiger partial charge in [0.1, 0.15) is 37.0 Å². The molecule has 374 valence electrons. The van der Waals surface area contributed by atoms with E-state index in [4.69, 9.17) is 42.6 Å². The Labute approximate surface area is 417 Å². The van der Waals surface area contributed by atoms with Crippen LogP contribution in [-0.2, 0) is 57.0 Å². The van der Waals surface area contributed by atoms with Gasteiger partial charge in [-0.25, -0.2) is 24.0 Å². The predicted octanol–water partition coefficient (Wildman–Crippen LogP) is 5.93. The average molecular weight is 1000 g/mol. The van der Waals surface area contributed by atoms with Crippen LogP contribution in [0.25, 0.3) is 0 Å². The van der Waals surface area contributed by atoms with Crippen molar-refractivity contribution >= 4 is 58.6 Å². The number of ether oxygens (including phenoxy) is 9. The molecule has 0 aliphatic carbocycles. The topological polar surface area (TPSA) is 232 Å². The van der Waals surface area contributed by atoms with E-state index in [2.05, 4.69) is 5.32 Å². The first-order chi connectivity index (χ1) is 34.7. The summed E-state index contributed by atoms with van der Waals surface area (Å²) in [6.07, 6.45) is -13.8. The van der Waals surface area contributed by atoms with Gasteiger partial charge in [-0.1, -0.05) is 103 Å². The molecule has 0 spiro atoms. The number of rotatable bonds is 17. The van der Waals surface area contributed by atoms with Crippen LogP contribution in [0.5, 0.6) is 0 Å². The van der Waals surface area contributed by atoms with Crippen molar-refractivity contribution in [3.8, 4) is 0 Å². The van der Waals surface area contributed by atoms with E-state index in [0.29, 0.717) is 11.8 Å². The predicted molar refractivity (Wildman–Crippen MR) is 254 cm³/mol. The third-order valence-corrected chi connectivity index (χ3v) is 12.0. The Morgan fingerprint density at radius 2 is 0.806 bits per heavy atom. The molecule has 5 aromatic carbocycles. The van der Waals surface area contributed by atoms with Gasteiger partial charge in [0, 0.05) is 20.8 Å². The van der Waals surface area contributed by atoms with Gasteiger partial charge in [-0.3, -0.25) is 14.4 Å². The molecular weight excluding hydrogens is 955 g/mol. The summed E-state index contributed by atoms with van der Waals surface area (Å²) in [5, 5.41) is 2.23. The maximum atomic E-state index is 14.3. The molecule has 2 aliphatic rings. The summed E-state index contributed by atoms with van der Waals surface area (Å²) >= 11 is 0.629. The maximum Gasteiger partial charge on any atom is 0.338 e. The number of carbonyl (C=O) groups is 8. The monoisotopic (exact) mass is 1000 g/mol. The van der Waals surface area contributed by atoms with Gasteiger partial charge in [-0.15, -0.1) is 0 Å². The van der Waals surface area contributed by atoms with Crippen LogP contribution < -0.4 is 5.32 Å². The summed E-state index contributed by atoms with van der Waals surface area (Å²) in [6, 6.07) is 37.6. The second-order valence-corrected chi connectivity index (χ2v) is 17.5. The van der Waals surface area contributed by atoms with Crippen molar-refractivity contribution in [1.82, 2.24) is 5.32 Å². The number of amides is 1. The molecule has 2 fully saturated rings. The number of carbonyl (C=O) groups excluding carboxylic acids is 8. The Morgan fingerprint density at radius 3 is 1.19 bits per heavy atom. The number of esters is 6. The molecule has 0 unspecified atom stereocenters. The Hall–Kier alpha value is -7.71. The van der Waals surface area contributed by atoms with Crippen molar-refractivity contribution < 1.29 is 81.0 Å². The van der Waals surface area contributed by atoms with E-state index < -0.39 is 121 Å². The van der Waals surface area contributed by atoms with Crippen LogP contribution in [0.2, 0.25) is 0 Å². The molecule has 0 aromatic heterocycles. The van der Waals surface area contributed by atoms with E-state index in [1.807, 2.05) is 0 Å². The zero-order valence-electron chi connectivity index (χ0n) is 39.0. The Kier molecular flexibility index (Phi) is 18.0. The fourth-order valence-electron chi connectivity index (χ4n) is 7.79. The summed E-state index contributed by atoms with van der Waals surface area (Å²) in [5.74, 6) is -6.10. The van der Waals surface area contributed by atoms with Gasteiger partial charge in [-0.2, -0.15) is 0 Å². The summed E-state index contributed by atoms with van der Waals surface area (Å²) in [6.45, 7) is 2.18. The molecule has 2 aliphatic heterocycles. The van der Waals surface area contributed by atoms with Crippen molar-refractivity contribution in [3.63, 3.8) is 0 Å². The van der Waals surface area contributed by atoms with Crippen LogP contribution in [-0.4, -0.2) is 121 Å². The van der Waals surface area contributed by atoms with Crippen LogP contribution in [0.15, 0.2) is 152 Å². The summed E-state index contributed by atoms with van der Waals surface area (Å²) < 4.78 is 55.6. The summed E-state index contributed by atoms with van der Waals surface area (Å²) in [5.41, 5.74) is -0.937.